The zero-order valence-corrected chi connectivity index (χ0v) is 18.0. The van der Waals surface area contributed by atoms with Crippen LogP contribution in [0.3, 0.4) is 0 Å². The first kappa shape index (κ1) is 20.5. The van der Waals surface area contributed by atoms with Crippen molar-refractivity contribution in [2.45, 2.75) is 38.5 Å². The highest BCUT2D eigenvalue weighted by Crippen LogP contribution is 2.29. The number of aryl methyl sites for hydroxylation is 1. The van der Waals surface area contributed by atoms with Gasteiger partial charge < -0.3 is 10.1 Å². The van der Waals surface area contributed by atoms with Crippen molar-refractivity contribution in [2.75, 3.05) is 13.1 Å². The Bertz CT molecular complexity index is 1270. The van der Waals surface area contributed by atoms with Crippen LogP contribution in [-0.2, 0) is 6.54 Å². The number of H-pyrrole nitrogens is 1. The molecule has 2 aromatic carbocycles. The Kier molecular flexibility index (Phi) is 5.55. The molecule has 0 unspecified atom stereocenters. The number of benzene rings is 2. The molecule has 5 rings (SSSR count). The number of nitrogens with zero attached hydrogens (tertiary/aromatic N) is 5. The number of hydrogen-bond acceptors (Lipinski definition) is 6. The van der Waals surface area contributed by atoms with Crippen LogP contribution < -0.4 is 5.56 Å². The molecule has 8 nitrogen and oxygen atoms in total. The third-order valence-electron chi connectivity index (χ3n) is 6.17. The molecule has 1 aliphatic rings. The van der Waals surface area contributed by atoms with Crippen LogP contribution in [0, 0.1) is 6.92 Å². The van der Waals surface area contributed by atoms with E-state index in [0.29, 0.717) is 43.9 Å². The molecular weight excluding hydrogens is 404 g/mol. The highest BCUT2D eigenvalue weighted by Gasteiger charge is 2.32. The molecule has 1 saturated heterocycles. The summed E-state index contributed by atoms with van der Waals surface area (Å²) in [5.41, 5.74) is 3.46. The van der Waals surface area contributed by atoms with E-state index < -0.39 is 6.04 Å². The molecule has 2 N–H and O–H groups in total. The monoisotopic (exact) mass is 430 g/mol. The minimum absolute atomic E-state index is 0.145. The van der Waals surface area contributed by atoms with Gasteiger partial charge in [-0.1, -0.05) is 42.5 Å². The molecule has 0 bridgehead atoms. The molecule has 8 heteroatoms. The maximum Gasteiger partial charge on any atom is 0.253 e. The Morgan fingerprint density at radius 2 is 1.91 bits per heavy atom. The number of pyridine rings is 1. The van der Waals surface area contributed by atoms with E-state index in [1.54, 1.807) is 4.68 Å². The van der Waals surface area contributed by atoms with Gasteiger partial charge in [0.05, 0.1) is 12.6 Å². The fourth-order valence-corrected chi connectivity index (χ4v) is 4.45. The number of fused-ring (bicyclic) bond motifs is 1. The van der Waals surface area contributed by atoms with Gasteiger partial charge in [-0.3, -0.25) is 9.69 Å². The molecule has 1 atom stereocenters. The van der Waals surface area contributed by atoms with Gasteiger partial charge in [0.2, 0.25) is 0 Å². The number of aliphatic hydroxyl groups is 1. The number of aromatic nitrogens is 5. The summed E-state index contributed by atoms with van der Waals surface area (Å²) < 4.78 is 1.77. The molecule has 0 saturated carbocycles. The normalized spacial score (nSPS) is 16.4. The Morgan fingerprint density at radius 3 is 2.69 bits per heavy atom. The van der Waals surface area contributed by atoms with Crippen molar-refractivity contribution >= 4 is 10.9 Å². The lowest BCUT2D eigenvalue weighted by Gasteiger charge is -2.35. The number of hydrogen-bond donors (Lipinski definition) is 2. The van der Waals surface area contributed by atoms with E-state index in [4.69, 9.17) is 0 Å². The Labute approximate surface area is 185 Å². The van der Waals surface area contributed by atoms with Crippen LogP contribution >= 0.6 is 0 Å². The molecule has 0 radical (unpaired) electrons. The van der Waals surface area contributed by atoms with E-state index in [0.717, 1.165) is 22.0 Å². The topological polar surface area (TPSA) is 99.9 Å². The number of aromatic amines is 1. The highest BCUT2D eigenvalue weighted by molar-refractivity contribution is 5.79. The minimum atomic E-state index is -0.407. The van der Waals surface area contributed by atoms with Gasteiger partial charge in [0, 0.05) is 24.2 Å². The van der Waals surface area contributed by atoms with Gasteiger partial charge in [0.25, 0.3) is 5.56 Å². The molecular formula is C24H26N6O2. The summed E-state index contributed by atoms with van der Waals surface area (Å²) in [5.74, 6) is 0.627. The van der Waals surface area contributed by atoms with Crippen LogP contribution in [-0.4, -0.2) is 54.4 Å². The molecule has 164 valence electrons. The van der Waals surface area contributed by atoms with Crippen LogP contribution in [0.25, 0.3) is 10.9 Å². The zero-order chi connectivity index (χ0) is 22.1. The molecule has 0 spiro atoms. The second-order valence-electron chi connectivity index (χ2n) is 8.49. The molecule has 4 aromatic rings. The summed E-state index contributed by atoms with van der Waals surface area (Å²) in [6.07, 6.45) is 0.994. The largest absolute Gasteiger partial charge is 0.393 e. The number of nitrogens with one attached hydrogen (secondary N) is 1. The lowest BCUT2D eigenvalue weighted by Crippen LogP contribution is -2.41. The lowest BCUT2D eigenvalue weighted by atomic mass is 9.99. The van der Waals surface area contributed by atoms with E-state index in [1.165, 1.54) is 0 Å². The molecule has 3 heterocycles. The van der Waals surface area contributed by atoms with Gasteiger partial charge in [-0.05, 0) is 58.8 Å². The molecule has 0 amide bonds. The first-order valence-corrected chi connectivity index (χ1v) is 10.9. The third kappa shape index (κ3) is 4.06. The average molecular weight is 431 g/mol. The van der Waals surface area contributed by atoms with E-state index in [-0.39, 0.29) is 11.7 Å². The fourth-order valence-electron chi connectivity index (χ4n) is 4.45. The van der Waals surface area contributed by atoms with Crippen LogP contribution in [0.5, 0.6) is 0 Å². The summed E-state index contributed by atoms with van der Waals surface area (Å²) in [5, 5.41) is 23.6. The Morgan fingerprint density at radius 1 is 1.12 bits per heavy atom. The van der Waals surface area contributed by atoms with E-state index in [2.05, 4.69) is 25.4 Å². The minimum Gasteiger partial charge on any atom is -0.393 e. The predicted octanol–water partition coefficient (Wildman–Crippen LogP) is 2.42. The van der Waals surface area contributed by atoms with Crippen molar-refractivity contribution in [2.24, 2.45) is 0 Å². The summed E-state index contributed by atoms with van der Waals surface area (Å²) in [4.78, 5) is 18.5. The number of piperidine rings is 1. The number of likely N-dealkylation sites (tertiary alicyclic amines) is 1. The number of tetrazole rings is 1. The second-order valence-corrected chi connectivity index (χ2v) is 8.49. The maximum atomic E-state index is 13.2. The van der Waals surface area contributed by atoms with Gasteiger partial charge in [-0.2, -0.15) is 0 Å². The SMILES string of the molecule is Cc1ccc2cc([C@@H](c3nnnn3Cc3ccccc3)N3CCC(O)CC3)c(=O)[nH]c2c1. The van der Waals surface area contributed by atoms with Crippen molar-refractivity contribution in [1.82, 2.24) is 30.1 Å². The summed E-state index contributed by atoms with van der Waals surface area (Å²) >= 11 is 0. The van der Waals surface area contributed by atoms with Crippen molar-refractivity contribution in [3.8, 4) is 0 Å². The standard InChI is InChI=1S/C24H26N6O2/c1-16-7-8-18-14-20(24(32)25-21(18)13-16)22(29-11-9-19(31)10-12-29)23-26-27-28-30(23)15-17-5-3-2-4-6-17/h2-8,13-14,19,22,31H,9-12,15H2,1H3,(H,25,32)/t22-/m0/s1. The number of aliphatic hydroxyl groups excluding tert-OH is 1. The van der Waals surface area contributed by atoms with E-state index in [9.17, 15) is 9.90 Å². The van der Waals surface area contributed by atoms with Crippen molar-refractivity contribution in [1.29, 1.82) is 0 Å². The smallest absolute Gasteiger partial charge is 0.253 e. The number of rotatable bonds is 5. The fraction of sp³-hybridized carbons (Fsp3) is 0.333. The first-order valence-electron chi connectivity index (χ1n) is 10.9. The Hall–Kier alpha value is -3.36. The molecule has 32 heavy (non-hydrogen) atoms. The Balaban J connectivity index is 1.61. The van der Waals surface area contributed by atoms with Gasteiger partial charge in [-0.15, -0.1) is 5.10 Å². The molecule has 1 fully saturated rings. The van der Waals surface area contributed by atoms with Crippen LogP contribution in [0.15, 0.2) is 59.4 Å². The predicted molar refractivity (Wildman–Crippen MR) is 121 cm³/mol. The van der Waals surface area contributed by atoms with Crippen molar-refractivity contribution in [3.63, 3.8) is 0 Å². The quantitative estimate of drug-likeness (QED) is 0.504. The van der Waals surface area contributed by atoms with Crippen molar-refractivity contribution < 1.29 is 5.11 Å². The molecule has 1 aliphatic heterocycles. The highest BCUT2D eigenvalue weighted by atomic mass is 16.3. The van der Waals surface area contributed by atoms with E-state index >= 15 is 0 Å². The maximum absolute atomic E-state index is 13.2. The third-order valence-corrected chi connectivity index (χ3v) is 6.17. The van der Waals surface area contributed by atoms with Gasteiger partial charge in [0.1, 0.15) is 6.04 Å². The zero-order valence-electron chi connectivity index (χ0n) is 18.0. The summed E-state index contributed by atoms with van der Waals surface area (Å²) in [7, 11) is 0. The molecule has 0 aliphatic carbocycles. The average Bonchev–Trinajstić information content (AvgIpc) is 3.24. The lowest BCUT2D eigenvalue weighted by molar-refractivity contribution is 0.0659. The van der Waals surface area contributed by atoms with Gasteiger partial charge in [0.15, 0.2) is 5.82 Å². The second kappa shape index (κ2) is 8.64. The summed E-state index contributed by atoms with van der Waals surface area (Å²) in [6.45, 7) is 3.84. The molecule has 2 aromatic heterocycles. The van der Waals surface area contributed by atoms with Gasteiger partial charge >= 0.3 is 0 Å². The van der Waals surface area contributed by atoms with E-state index in [1.807, 2.05) is 61.5 Å². The first-order chi connectivity index (χ1) is 15.6. The summed E-state index contributed by atoms with van der Waals surface area (Å²) in [6, 6.07) is 17.6. The van der Waals surface area contributed by atoms with Crippen LogP contribution in [0.2, 0.25) is 0 Å². The van der Waals surface area contributed by atoms with Crippen LogP contribution in [0.1, 0.15) is 41.4 Å². The van der Waals surface area contributed by atoms with Crippen molar-refractivity contribution in [3.05, 3.63) is 87.5 Å². The van der Waals surface area contributed by atoms with Gasteiger partial charge in [-0.25, -0.2) is 4.68 Å². The van der Waals surface area contributed by atoms with Crippen LogP contribution in [0.4, 0.5) is 0 Å².